The molecule has 1 nitrogen and oxygen atoms in total. The van der Waals surface area contributed by atoms with Gasteiger partial charge in [-0.05, 0) is 30.4 Å². The molecular weight excluding hydrogens is 254 g/mol. The van der Waals surface area contributed by atoms with Gasteiger partial charge in [-0.25, -0.2) is 0 Å². The van der Waals surface area contributed by atoms with Crippen LogP contribution in [0.4, 0.5) is 0 Å². The standard InChI is InChI=1S/C20H25N/c1-2-20(17-21,19-14-7-4-8-15-19)16-10-9-13-18-11-5-3-6-12-18/h3-9,11-15H,2,10,16-17,21H2,1H3/b13-9+. The highest BCUT2D eigenvalue weighted by Crippen LogP contribution is 2.32. The lowest BCUT2D eigenvalue weighted by molar-refractivity contribution is 0.393. The smallest absolute Gasteiger partial charge is 0.00758 e. The Hall–Kier alpha value is -1.86. The molecule has 110 valence electrons. The van der Waals surface area contributed by atoms with Gasteiger partial charge in [-0.3, -0.25) is 0 Å². The van der Waals surface area contributed by atoms with Gasteiger partial charge >= 0.3 is 0 Å². The minimum Gasteiger partial charge on any atom is -0.330 e. The summed E-state index contributed by atoms with van der Waals surface area (Å²) in [5.41, 5.74) is 8.84. The van der Waals surface area contributed by atoms with E-state index in [2.05, 4.69) is 73.7 Å². The first-order valence-electron chi connectivity index (χ1n) is 7.78. The molecule has 0 saturated heterocycles. The minimum absolute atomic E-state index is 0.0995. The van der Waals surface area contributed by atoms with E-state index in [0.717, 1.165) is 19.3 Å². The monoisotopic (exact) mass is 279 g/mol. The van der Waals surface area contributed by atoms with Crippen LogP contribution >= 0.6 is 0 Å². The summed E-state index contributed by atoms with van der Waals surface area (Å²) in [6.07, 6.45) is 7.68. The molecule has 1 unspecified atom stereocenters. The van der Waals surface area contributed by atoms with Crippen molar-refractivity contribution in [2.24, 2.45) is 5.73 Å². The summed E-state index contributed by atoms with van der Waals surface area (Å²) in [6, 6.07) is 21.1. The van der Waals surface area contributed by atoms with Gasteiger partial charge in [-0.2, -0.15) is 0 Å². The highest BCUT2D eigenvalue weighted by Gasteiger charge is 2.27. The molecule has 21 heavy (non-hydrogen) atoms. The molecule has 0 aliphatic carbocycles. The molecule has 2 aromatic rings. The second kappa shape index (κ2) is 7.80. The topological polar surface area (TPSA) is 26.0 Å². The van der Waals surface area contributed by atoms with Crippen molar-refractivity contribution in [2.45, 2.75) is 31.6 Å². The van der Waals surface area contributed by atoms with Gasteiger partial charge < -0.3 is 5.73 Å². The predicted molar refractivity (Wildman–Crippen MR) is 92.2 cm³/mol. The van der Waals surface area contributed by atoms with Crippen LogP contribution in [-0.4, -0.2) is 6.54 Å². The van der Waals surface area contributed by atoms with E-state index in [1.54, 1.807) is 0 Å². The molecule has 0 spiro atoms. The van der Waals surface area contributed by atoms with E-state index in [1.165, 1.54) is 11.1 Å². The third-order valence-electron chi connectivity index (χ3n) is 4.35. The molecule has 2 aromatic carbocycles. The lowest BCUT2D eigenvalue weighted by Gasteiger charge is -2.32. The largest absolute Gasteiger partial charge is 0.330 e. The average Bonchev–Trinajstić information content (AvgIpc) is 2.57. The minimum atomic E-state index is 0.0995. The fourth-order valence-electron chi connectivity index (χ4n) is 2.82. The molecule has 0 heterocycles. The molecule has 0 aliphatic heterocycles. The lowest BCUT2D eigenvalue weighted by Crippen LogP contribution is -2.34. The van der Waals surface area contributed by atoms with Crippen molar-refractivity contribution in [3.8, 4) is 0 Å². The third-order valence-corrected chi connectivity index (χ3v) is 4.35. The maximum atomic E-state index is 6.12. The summed E-state index contributed by atoms with van der Waals surface area (Å²) in [7, 11) is 0. The Labute approximate surface area is 128 Å². The molecule has 2 N–H and O–H groups in total. The first-order valence-corrected chi connectivity index (χ1v) is 7.78. The highest BCUT2D eigenvalue weighted by molar-refractivity contribution is 5.48. The van der Waals surface area contributed by atoms with Gasteiger partial charge in [0.2, 0.25) is 0 Å². The number of rotatable bonds is 7. The quantitative estimate of drug-likeness (QED) is 0.775. The first kappa shape index (κ1) is 15.5. The van der Waals surface area contributed by atoms with Gasteiger partial charge in [0.1, 0.15) is 0 Å². The Morgan fingerprint density at radius 1 is 0.952 bits per heavy atom. The predicted octanol–water partition coefficient (Wildman–Crippen LogP) is 4.79. The van der Waals surface area contributed by atoms with Gasteiger partial charge in [-0.15, -0.1) is 0 Å². The Bertz CT molecular complexity index is 539. The molecule has 0 aliphatic rings. The SMILES string of the molecule is CCC(CN)(CC/C=C/c1ccccc1)c1ccccc1. The van der Waals surface area contributed by atoms with Crippen molar-refractivity contribution in [1.29, 1.82) is 0 Å². The van der Waals surface area contributed by atoms with E-state index in [9.17, 15) is 0 Å². The Morgan fingerprint density at radius 2 is 1.57 bits per heavy atom. The summed E-state index contributed by atoms with van der Waals surface area (Å²) >= 11 is 0. The van der Waals surface area contributed by atoms with Crippen LogP contribution in [0.25, 0.3) is 6.08 Å². The number of nitrogens with two attached hydrogens (primary N) is 1. The molecule has 0 amide bonds. The summed E-state index contributed by atoms with van der Waals surface area (Å²) < 4.78 is 0. The van der Waals surface area contributed by atoms with Crippen LogP contribution < -0.4 is 5.73 Å². The summed E-state index contributed by atoms with van der Waals surface area (Å²) in [6.45, 7) is 2.94. The van der Waals surface area contributed by atoms with Crippen molar-refractivity contribution in [2.75, 3.05) is 6.54 Å². The molecule has 0 bridgehead atoms. The van der Waals surface area contributed by atoms with E-state index in [-0.39, 0.29) is 5.41 Å². The van der Waals surface area contributed by atoms with Crippen LogP contribution in [0.3, 0.4) is 0 Å². The van der Waals surface area contributed by atoms with Gasteiger partial charge in [0.25, 0.3) is 0 Å². The maximum absolute atomic E-state index is 6.12. The second-order valence-corrected chi connectivity index (χ2v) is 5.56. The van der Waals surface area contributed by atoms with Crippen LogP contribution in [0.2, 0.25) is 0 Å². The van der Waals surface area contributed by atoms with Crippen molar-refractivity contribution in [1.82, 2.24) is 0 Å². The Kier molecular flexibility index (Phi) is 5.77. The number of benzene rings is 2. The molecule has 0 aromatic heterocycles. The molecule has 0 radical (unpaired) electrons. The number of allylic oxidation sites excluding steroid dienone is 1. The van der Waals surface area contributed by atoms with E-state index in [0.29, 0.717) is 6.54 Å². The number of hydrogen-bond donors (Lipinski definition) is 1. The van der Waals surface area contributed by atoms with Gasteiger partial charge in [0, 0.05) is 12.0 Å². The fraction of sp³-hybridized carbons (Fsp3) is 0.300. The molecule has 0 saturated carbocycles. The molecule has 1 heteroatoms. The third kappa shape index (κ3) is 4.05. The zero-order valence-corrected chi connectivity index (χ0v) is 12.8. The average molecular weight is 279 g/mol. The van der Waals surface area contributed by atoms with E-state index >= 15 is 0 Å². The maximum Gasteiger partial charge on any atom is 0.00758 e. The van der Waals surface area contributed by atoms with Crippen molar-refractivity contribution >= 4 is 6.08 Å². The van der Waals surface area contributed by atoms with Gasteiger partial charge in [0.05, 0.1) is 0 Å². The van der Waals surface area contributed by atoms with Crippen molar-refractivity contribution in [3.63, 3.8) is 0 Å². The first-order chi connectivity index (χ1) is 10.3. The summed E-state index contributed by atoms with van der Waals surface area (Å²) in [5, 5.41) is 0. The Balaban J connectivity index is 2.02. The van der Waals surface area contributed by atoms with Crippen LogP contribution in [0.1, 0.15) is 37.3 Å². The molecule has 0 fully saturated rings. The van der Waals surface area contributed by atoms with E-state index in [1.807, 2.05) is 6.07 Å². The van der Waals surface area contributed by atoms with Crippen LogP contribution in [-0.2, 0) is 5.41 Å². The normalized spacial score (nSPS) is 14.2. The lowest BCUT2D eigenvalue weighted by atomic mass is 9.74. The highest BCUT2D eigenvalue weighted by atomic mass is 14.6. The molecule has 1 atom stereocenters. The van der Waals surface area contributed by atoms with E-state index < -0.39 is 0 Å². The van der Waals surface area contributed by atoms with Crippen LogP contribution in [0.5, 0.6) is 0 Å². The second-order valence-electron chi connectivity index (χ2n) is 5.56. The van der Waals surface area contributed by atoms with Crippen LogP contribution in [0.15, 0.2) is 66.7 Å². The molecule has 2 rings (SSSR count). The summed E-state index contributed by atoms with van der Waals surface area (Å²) in [5.74, 6) is 0. The number of hydrogen-bond acceptors (Lipinski definition) is 1. The molecular formula is C20H25N. The zero-order chi connectivity index (χ0) is 15.0. The van der Waals surface area contributed by atoms with Crippen molar-refractivity contribution < 1.29 is 0 Å². The van der Waals surface area contributed by atoms with E-state index in [4.69, 9.17) is 5.73 Å². The summed E-state index contributed by atoms with van der Waals surface area (Å²) in [4.78, 5) is 0. The fourth-order valence-corrected chi connectivity index (χ4v) is 2.82. The van der Waals surface area contributed by atoms with Crippen molar-refractivity contribution in [3.05, 3.63) is 77.9 Å². The van der Waals surface area contributed by atoms with Crippen LogP contribution in [0, 0.1) is 0 Å². The van der Waals surface area contributed by atoms with Gasteiger partial charge in [0.15, 0.2) is 0 Å². The van der Waals surface area contributed by atoms with Gasteiger partial charge in [-0.1, -0.05) is 79.7 Å². The Morgan fingerprint density at radius 3 is 2.14 bits per heavy atom. The zero-order valence-electron chi connectivity index (χ0n) is 12.8.